The summed E-state index contributed by atoms with van der Waals surface area (Å²) in [5, 5.41) is 12.7. The third kappa shape index (κ3) is 4.19. The summed E-state index contributed by atoms with van der Waals surface area (Å²) >= 11 is 0. The first-order valence-corrected chi connectivity index (χ1v) is 8.89. The molecular weight excluding hydrogens is 366 g/mol. The van der Waals surface area contributed by atoms with Crippen LogP contribution in [0.1, 0.15) is 34.7 Å². The molecule has 0 spiro atoms. The minimum Gasteiger partial charge on any atom is -0.507 e. The number of phenols is 1. The first kappa shape index (κ1) is 19.5. The molecule has 1 aliphatic rings. The predicted molar refractivity (Wildman–Crippen MR) is 101 cm³/mol. The number of halogens is 2. The number of hydrogen-bond acceptors (Lipinski definition) is 3. The van der Waals surface area contributed by atoms with E-state index in [9.17, 15) is 23.5 Å². The summed E-state index contributed by atoms with van der Waals surface area (Å²) in [5.74, 6) is -2.96. The molecule has 2 aromatic carbocycles. The van der Waals surface area contributed by atoms with E-state index in [1.54, 1.807) is 4.90 Å². The molecule has 1 heterocycles. The molecule has 0 aromatic heterocycles. The highest BCUT2D eigenvalue weighted by atomic mass is 19.2. The van der Waals surface area contributed by atoms with E-state index in [0.717, 1.165) is 24.6 Å². The molecule has 0 radical (unpaired) electrons. The molecule has 1 aliphatic heterocycles. The molecule has 7 heteroatoms. The number of carbonyl (C=O) groups excluding carboxylic acids is 2. The maximum atomic E-state index is 13.6. The third-order valence-corrected chi connectivity index (χ3v) is 4.80. The highest BCUT2D eigenvalue weighted by molar-refractivity contribution is 6.02. The number of hydrogen-bond donors (Lipinski definition) is 2. The summed E-state index contributed by atoms with van der Waals surface area (Å²) in [6.45, 7) is 4.18. The molecule has 2 aromatic rings. The van der Waals surface area contributed by atoms with Crippen molar-refractivity contribution in [2.45, 2.75) is 18.8 Å². The zero-order valence-corrected chi connectivity index (χ0v) is 15.1. The molecule has 2 N–H and O–H groups in total. The van der Waals surface area contributed by atoms with E-state index in [1.165, 1.54) is 24.3 Å². The van der Waals surface area contributed by atoms with Crippen LogP contribution in [0.15, 0.2) is 49.1 Å². The second-order valence-electron chi connectivity index (χ2n) is 6.69. The van der Waals surface area contributed by atoms with E-state index >= 15 is 0 Å². The van der Waals surface area contributed by atoms with E-state index in [2.05, 4.69) is 11.9 Å². The number of piperidine rings is 1. The van der Waals surface area contributed by atoms with Gasteiger partial charge in [0.15, 0.2) is 11.6 Å². The van der Waals surface area contributed by atoms with Crippen molar-refractivity contribution in [2.24, 2.45) is 0 Å². The lowest BCUT2D eigenvalue weighted by atomic mass is 9.90. The molecule has 1 fully saturated rings. The van der Waals surface area contributed by atoms with Crippen LogP contribution in [0.25, 0.3) is 0 Å². The Kier molecular flexibility index (Phi) is 5.73. The summed E-state index contributed by atoms with van der Waals surface area (Å²) in [6.07, 6.45) is 2.55. The molecule has 1 unspecified atom stereocenters. The highest BCUT2D eigenvalue weighted by Crippen LogP contribution is 2.30. The van der Waals surface area contributed by atoms with Gasteiger partial charge >= 0.3 is 0 Å². The standard InChI is InChI=1S/C21H20F2N2O3/c1-2-20(27)24-15-6-8-19(26)16(11-15)21(28)25-9-3-4-14(12-25)13-5-7-17(22)18(23)10-13/h2,5-8,10-11,14,26H,1,3-4,9,12H2,(H,24,27). The number of benzene rings is 2. The number of nitrogens with one attached hydrogen (secondary N) is 1. The number of carbonyl (C=O) groups is 2. The fourth-order valence-electron chi connectivity index (χ4n) is 3.35. The Labute approximate surface area is 161 Å². The normalized spacial score (nSPS) is 16.5. The van der Waals surface area contributed by atoms with Gasteiger partial charge < -0.3 is 15.3 Å². The van der Waals surface area contributed by atoms with Crippen molar-refractivity contribution in [3.63, 3.8) is 0 Å². The fourth-order valence-corrected chi connectivity index (χ4v) is 3.35. The zero-order chi connectivity index (χ0) is 20.3. The maximum Gasteiger partial charge on any atom is 0.257 e. The van der Waals surface area contributed by atoms with Crippen LogP contribution in [-0.2, 0) is 4.79 Å². The minimum absolute atomic E-state index is 0.0628. The lowest BCUT2D eigenvalue weighted by Gasteiger charge is -2.33. The Hall–Kier alpha value is -3.22. The number of amides is 2. The molecule has 5 nitrogen and oxygen atoms in total. The Morgan fingerprint density at radius 2 is 1.96 bits per heavy atom. The van der Waals surface area contributed by atoms with Crippen molar-refractivity contribution in [3.05, 3.63) is 71.8 Å². The minimum atomic E-state index is -0.913. The quantitative estimate of drug-likeness (QED) is 0.620. The van der Waals surface area contributed by atoms with Crippen molar-refractivity contribution in [2.75, 3.05) is 18.4 Å². The number of likely N-dealkylation sites (tertiary alicyclic amines) is 1. The molecule has 0 saturated carbocycles. The highest BCUT2D eigenvalue weighted by Gasteiger charge is 2.27. The molecule has 0 bridgehead atoms. The Morgan fingerprint density at radius 3 is 2.68 bits per heavy atom. The van der Waals surface area contributed by atoms with Gasteiger partial charge in [-0.1, -0.05) is 12.6 Å². The number of anilines is 1. The van der Waals surface area contributed by atoms with Crippen LogP contribution in [0.5, 0.6) is 5.75 Å². The summed E-state index contributed by atoms with van der Waals surface area (Å²) in [4.78, 5) is 26.0. The van der Waals surface area contributed by atoms with Gasteiger partial charge in [-0.25, -0.2) is 8.78 Å². The largest absolute Gasteiger partial charge is 0.507 e. The van der Waals surface area contributed by atoms with Gasteiger partial charge in [0.2, 0.25) is 5.91 Å². The van der Waals surface area contributed by atoms with Crippen LogP contribution in [0, 0.1) is 11.6 Å². The predicted octanol–water partition coefficient (Wildman–Crippen LogP) is 3.81. The average Bonchev–Trinajstić information content (AvgIpc) is 2.71. The summed E-state index contributed by atoms with van der Waals surface area (Å²) in [7, 11) is 0. The molecule has 1 atom stereocenters. The lowest BCUT2D eigenvalue weighted by Crippen LogP contribution is -2.39. The third-order valence-electron chi connectivity index (χ3n) is 4.80. The van der Waals surface area contributed by atoms with E-state index in [-0.39, 0.29) is 23.1 Å². The van der Waals surface area contributed by atoms with Crippen LogP contribution in [0.2, 0.25) is 0 Å². The second kappa shape index (κ2) is 8.21. The number of phenolic OH excluding ortho intramolecular Hbond substituents is 1. The van der Waals surface area contributed by atoms with Crippen LogP contribution in [0.3, 0.4) is 0 Å². The summed E-state index contributed by atoms with van der Waals surface area (Å²) < 4.78 is 26.7. The molecular formula is C21H20F2N2O3. The van der Waals surface area contributed by atoms with Crippen LogP contribution >= 0.6 is 0 Å². The monoisotopic (exact) mass is 386 g/mol. The zero-order valence-electron chi connectivity index (χ0n) is 15.1. The van der Waals surface area contributed by atoms with Crippen LogP contribution < -0.4 is 5.32 Å². The van der Waals surface area contributed by atoms with Gasteiger partial charge in [0.1, 0.15) is 5.75 Å². The smallest absolute Gasteiger partial charge is 0.257 e. The molecule has 2 amide bonds. The van der Waals surface area contributed by atoms with Crippen molar-refractivity contribution in [1.82, 2.24) is 4.90 Å². The fraction of sp³-hybridized carbons (Fsp3) is 0.238. The van der Waals surface area contributed by atoms with Gasteiger partial charge in [0, 0.05) is 24.7 Å². The van der Waals surface area contributed by atoms with Gasteiger partial charge in [-0.15, -0.1) is 0 Å². The van der Waals surface area contributed by atoms with Crippen LogP contribution in [0.4, 0.5) is 14.5 Å². The average molecular weight is 386 g/mol. The van der Waals surface area contributed by atoms with Gasteiger partial charge in [-0.2, -0.15) is 0 Å². The number of nitrogens with zero attached hydrogens (tertiary/aromatic N) is 1. The van der Waals surface area contributed by atoms with Crippen molar-refractivity contribution in [1.29, 1.82) is 0 Å². The molecule has 3 rings (SSSR count). The van der Waals surface area contributed by atoms with Gasteiger partial charge in [0.25, 0.3) is 5.91 Å². The van der Waals surface area contributed by atoms with E-state index in [1.807, 2.05) is 0 Å². The first-order valence-electron chi connectivity index (χ1n) is 8.89. The van der Waals surface area contributed by atoms with Gasteiger partial charge in [-0.3, -0.25) is 9.59 Å². The topological polar surface area (TPSA) is 69.6 Å². The molecule has 0 aliphatic carbocycles. The van der Waals surface area contributed by atoms with E-state index < -0.39 is 17.5 Å². The van der Waals surface area contributed by atoms with Crippen molar-refractivity contribution < 1.29 is 23.5 Å². The van der Waals surface area contributed by atoms with E-state index in [0.29, 0.717) is 30.8 Å². The van der Waals surface area contributed by atoms with Gasteiger partial charge in [0.05, 0.1) is 5.56 Å². The Morgan fingerprint density at radius 1 is 1.18 bits per heavy atom. The Bertz CT molecular complexity index is 930. The number of rotatable bonds is 4. The molecule has 146 valence electrons. The Balaban J connectivity index is 1.80. The first-order chi connectivity index (χ1) is 13.4. The second-order valence-corrected chi connectivity index (χ2v) is 6.69. The van der Waals surface area contributed by atoms with Crippen LogP contribution in [-0.4, -0.2) is 34.9 Å². The van der Waals surface area contributed by atoms with Crippen molar-refractivity contribution >= 4 is 17.5 Å². The lowest BCUT2D eigenvalue weighted by molar-refractivity contribution is -0.111. The van der Waals surface area contributed by atoms with Gasteiger partial charge in [-0.05, 0) is 54.8 Å². The summed E-state index contributed by atoms with van der Waals surface area (Å²) in [6, 6.07) is 8.00. The maximum absolute atomic E-state index is 13.6. The SMILES string of the molecule is C=CC(=O)Nc1ccc(O)c(C(=O)N2CCCC(c3ccc(F)c(F)c3)C2)c1. The number of aromatic hydroxyl groups is 1. The summed E-state index contributed by atoms with van der Waals surface area (Å²) in [5.41, 5.74) is 1.06. The molecule has 28 heavy (non-hydrogen) atoms. The van der Waals surface area contributed by atoms with Crippen molar-refractivity contribution in [3.8, 4) is 5.75 Å². The molecule has 1 saturated heterocycles. The van der Waals surface area contributed by atoms with E-state index in [4.69, 9.17) is 0 Å².